The third kappa shape index (κ3) is 4.07. The van der Waals surface area contributed by atoms with Crippen LogP contribution in [0.1, 0.15) is 11.5 Å². The van der Waals surface area contributed by atoms with E-state index in [0.29, 0.717) is 22.4 Å². The quantitative estimate of drug-likeness (QED) is 0.622. The first-order chi connectivity index (χ1) is 11.9. The van der Waals surface area contributed by atoms with Crippen molar-refractivity contribution >= 4 is 52.6 Å². The van der Waals surface area contributed by atoms with Gasteiger partial charge in [-0.05, 0) is 49.5 Å². The molecule has 1 amide bonds. The SMILES string of the molecule is Cc1ccc(/C=C2\C(=O)N/C(=N\C(=S)Nc3cccc(Cl)c3)N2C)o1. The Hall–Kier alpha value is -2.64. The Morgan fingerprint density at radius 2 is 2.20 bits per heavy atom. The molecule has 8 heteroatoms. The van der Waals surface area contributed by atoms with Crippen molar-refractivity contribution in [3.63, 3.8) is 0 Å². The van der Waals surface area contributed by atoms with Crippen molar-refractivity contribution in [1.29, 1.82) is 0 Å². The molecule has 1 aliphatic heterocycles. The van der Waals surface area contributed by atoms with Crippen LogP contribution < -0.4 is 10.6 Å². The Balaban J connectivity index is 1.76. The maximum atomic E-state index is 12.2. The number of benzene rings is 1. The number of carbonyl (C=O) groups excluding carboxylic acids is 1. The number of rotatable bonds is 2. The first-order valence-electron chi connectivity index (χ1n) is 7.41. The van der Waals surface area contributed by atoms with E-state index in [4.69, 9.17) is 28.2 Å². The fourth-order valence-electron chi connectivity index (χ4n) is 2.26. The lowest BCUT2D eigenvalue weighted by molar-refractivity contribution is -0.115. The molecule has 0 saturated carbocycles. The van der Waals surface area contributed by atoms with Crippen molar-refractivity contribution in [3.8, 4) is 0 Å². The molecule has 0 bridgehead atoms. The van der Waals surface area contributed by atoms with Gasteiger partial charge in [0.2, 0.25) is 11.1 Å². The topological polar surface area (TPSA) is 69.9 Å². The first kappa shape index (κ1) is 17.2. The van der Waals surface area contributed by atoms with Crippen LogP contribution in [-0.4, -0.2) is 28.9 Å². The van der Waals surface area contributed by atoms with Gasteiger partial charge in [0.25, 0.3) is 5.91 Å². The summed E-state index contributed by atoms with van der Waals surface area (Å²) in [6.45, 7) is 1.84. The van der Waals surface area contributed by atoms with Gasteiger partial charge in [-0.25, -0.2) is 0 Å². The highest BCUT2D eigenvalue weighted by atomic mass is 35.5. The molecule has 2 aromatic rings. The molecule has 2 N–H and O–H groups in total. The standard InChI is InChI=1S/C17H15ClN4O2S/c1-10-6-7-13(24-10)9-14-15(23)20-16(22(14)2)21-17(25)19-12-5-3-4-11(18)8-12/h3-9H,1-2H3,(H2,19,20,21,23,25)/b14-9+. The number of nitrogens with zero attached hydrogens (tertiary/aromatic N) is 2. The summed E-state index contributed by atoms with van der Waals surface area (Å²) in [5.74, 6) is 1.42. The number of carbonyl (C=O) groups is 1. The molecule has 6 nitrogen and oxygen atoms in total. The van der Waals surface area contributed by atoms with E-state index in [-0.39, 0.29) is 11.0 Å². The second kappa shape index (κ2) is 7.08. The highest BCUT2D eigenvalue weighted by Gasteiger charge is 2.29. The summed E-state index contributed by atoms with van der Waals surface area (Å²) < 4.78 is 5.48. The number of hydrogen-bond donors (Lipinski definition) is 2. The van der Waals surface area contributed by atoms with Crippen LogP contribution >= 0.6 is 23.8 Å². The molecule has 128 valence electrons. The molecule has 1 aromatic heterocycles. The van der Waals surface area contributed by atoms with E-state index in [2.05, 4.69) is 15.6 Å². The predicted molar refractivity (Wildman–Crippen MR) is 102 cm³/mol. The van der Waals surface area contributed by atoms with Gasteiger partial charge in [-0.15, -0.1) is 0 Å². The summed E-state index contributed by atoms with van der Waals surface area (Å²) in [6.07, 6.45) is 1.65. The summed E-state index contributed by atoms with van der Waals surface area (Å²) in [5, 5.41) is 6.44. The van der Waals surface area contributed by atoms with Crippen LogP contribution in [-0.2, 0) is 4.79 Å². The number of aliphatic imine (C=N–C) groups is 1. The molecule has 1 saturated heterocycles. The van der Waals surface area contributed by atoms with Gasteiger partial charge in [-0.1, -0.05) is 17.7 Å². The number of likely N-dealkylation sites (N-methyl/N-ethyl adjacent to an activating group) is 1. The molecule has 0 aliphatic carbocycles. The van der Waals surface area contributed by atoms with Crippen molar-refractivity contribution in [3.05, 3.63) is 58.6 Å². The fourth-order valence-corrected chi connectivity index (χ4v) is 2.66. The van der Waals surface area contributed by atoms with Gasteiger partial charge in [0.05, 0.1) is 0 Å². The number of guanidine groups is 1. The molecule has 1 fully saturated rings. The maximum absolute atomic E-state index is 12.2. The van der Waals surface area contributed by atoms with Crippen molar-refractivity contribution in [2.24, 2.45) is 4.99 Å². The van der Waals surface area contributed by atoms with Gasteiger partial charge >= 0.3 is 0 Å². The summed E-state index contributed by atoms with van der Waals surface area (Å²) in [6, 6.07) is 10.7. The second-order valence-corrected chi connectivity index (χ2v) is 6.19. The van der Waals surface area contributed by atoms with Crippen LogP contribution in [0.25, 0.3) is 6.08 Å². The first-order valence-corrected chi connectivity index (χ1v) is 8.19. The Labute approximate surface area is 155 Å². The van der Waals surface area contributed by atoms with Gasteiger partial charge in [0.15, 0.2) is 0 Å². The highest BCUT2D eigenvalue weighted by molar-refractivity contribution is 7.80. The molecule has 1 aliphatic rings. The highest BCUT2D eigenvalue weighted by Crippen LogP contribution is 2.18. The zero-order valence-electron chi connectivity index (χ0n) is 13.5. The molecule has 0 atom stereocenters. The third-order valence-electron chi connectivity index (χ3n) is 3.46. The number of aryl methyl sites for hydroxylation is 1. The van der Waals surface area contributed by atoms with Crippen molar-refractivity contribution in [2.45, 2.75) is 6.92 Å². The normalized spacial score (nSPS) is 17.2. The van der Waals surface area contributed by atoms with E-state index in [1.165, 1.54) is 0 Å². The Morgan fingerprint density at radius 3 is 2.88 bits per heavy atom. The van der Waals surface area contributed by atoms with E-state index in [0.717, 1.165) is 11.4 Å². The van der Waals surface area contributed by atoms with Crippen LogP contribution in [0.5, 0.6) is 0 Å². The molecule has 25 heavy (non-hydrogen) atoms. The van der Waals surface area contributed by atoms with Crippen molar-refractivity contribution in [2.75, 3.05) is 12.4 Å². The van der Waals surface area contributed by atoms with E-state index in [1.54, 1.807) is 42.3 Å². The summed E-state index contributed by atoms with van der Waals surface area (Å²) in [4.78, 5) is 18.0. The third-order valence-corrected chi connectivity index (χ3v) is 3.89. The Morgan fingerprint density at radius 1 is 1.40 bits per heavy atom. The molecular weight excluding hydrogens is 360 g/mol. The lowest BCUT2D eigenvalue weighted by Crippen LogP contribution is -2.29. The van der Waals surface area contributed by atoms with Crippen LogP contribution in [0, 0.1) is 6.92 Å². The van der Waals surface area contributed by atoms with E-state index in [1.807, 2.05) is 19.1 Å². The zero-order valence-corrected chi connectivity index (χ0v) is 15.1. The van der Waals surface area contributed by atoms with Gasteiger partial charge in [-0.3, -0.25) is 10.1 Å². The Kier molecular flexibility index (Phi) is 4.87. The molecule has 3 rings (SSSR count). The van der Waals surface area contributed by atoms with Crippen molar-refractivity contribution < 1.29 is 9.21 Å². The number of anilines is 1. The minimum Gasteiger partial charge on any atom is -0.462 e. The smallest absolute Gasteiger partial charge is 0.274 e. The van der Waals surface area contributed by atoms with Crippen molar-refractivity contribution in [1.82, 2.24) is 10.2 Å². The van der Waals surface area contributed by atoms with Gasteiger partial charge in [0, 0.05) is 23.8 Å². The molecule has 0 radical (unpaired) electrons. The van der Waals surface area contributed by atoms with E-state index >= 15 is 0 Å². The predicted octanol–water partition coefficient (Wildman–Crippen LogP) is 3.40. The number of halogens is 1. The number of nitrogens with one attached hydrogen (secondary N) is 2. The molecule has 0 spiro atoms. The average molecular weight is 375 g/mol. The minimum atomic E-state index is -0.277. The monoisotopic (exact) mass is 374 g/mol. The molecular formula is C17H15ClN4O2S. The van der Waals surface area contributed by atoms with E-state index in [9.17, 15) is 4.79 Å². The summed E-state index contributed by atoms with van der Waals surface area (Å²) in [5.41, 5.74) is 1.13. The number of hydrogen-bond acceptors (Lipinski definition) is 3. The number of thiocarbonyl (C=S) groups is 1. The maximum Gasteiger partial charge on any atom is 0.274 e. The van der Waals surface area contributed by atoms with Crippen LogP contribution in [0.15, 0.2) is 51.5 Å². The van der Waals surface area contributed by atoms with Gasteiger partial charge < -0.3 is 14.6 Å². The van der Waals surface area contributed by atoms with Gasteiger partial charge in [0.1, 0.15) is 17.2 Å². The summed E-state index contributed by atoms with van der Waals surface area (Å²) >= 11 is 11.2. The van der Waals surface area contributed by atoms with Crippen LogP contribution in [0.3, 0.4) is 0 Å². The number of amides is 1. The molecule has 1 aromatic carbocycles. The van der Waals surface area contributed by atoms with Crippen LogP contribution in [0.4, 0.5) is 5.69 Å². The summed E-state index contributed by atoms with van der Waals surface area (Å²) in [7, 11) is 1.72. The zero-order chi connectivity index (χ0) is 18.0. The van der Waals surface area contributed by atoms with Crippen LogP contribution in [0.2, 0.25) is 5.02 Å². The average Bonchev–Trinajstić information content (AvgIpc) is 3.06. The largest absolute Gasteiger partial charge is 0.462 e. The lowest BCUT2D eigenvalue weighted by Gasteiger charge is -2.11. The van der Waals surface area contributed by atoms with E-state index < -0.39 is 0 Å². The Bertz CT molecular complexity index is 904. The second-order valence-electron chi connectivity index (χ2n) is 5.37. The fraction of sp³-hybridized carbons (Fsp3) is 0.118. The number of furan rings is 1. The molecule has 0 unspecified atom stereocenters. The van der Waals surface area contributed by atoms with Gasteiger partial charge in [-0.2, -0.15) is 4.99 Å². The molecule has 2 heterocycles. The minimum absolute atomic E-state index is 0.208. The lowest BCUT2D eigenvalue weighted by atomic mass is 10.3.